The van der Waals surface area contributed by atoms with E-state index in [1.165, 1.54) is 46.5 Å². The Morgan fingerprint density at radius 3 is 2.29 bits per heavy atom. The van der Waals surface area contributed by atoms with Gasteiger partial charge in [0.15, 0.2) is 6.17 Å². The second kappa shape index (κ2) is 8.57. The van der Waals surface area contributed by atoms with E-state index in [9.17, 15) is 18.8 Å². The smallest absolute Gasteiger partial charge is 0.263 e. The van der Waals surface area contributed by atoms with E-state index in [1.54, 1.807) is 12.1 Å². The number of pyridine rings is 1. The van der Waals surface area contributed by atoms with Crippen LogP contribution in [-0.2, 0) is 4.79 Å². The number of halogens is 1. The Morgan fingerprint density at radius 2 is 1.71 bits per heavy atom. The van der Waals surface area contributed by atoms with E-state index in [1.807, 2.05) is 0 Å². The average Bonchev–Trinajstić information content (AvgIpc) is 3.17. The number of carbonyl (C=O) groups is 3. The summed E-state index contributed by atoms with van der Waals surface area (Å²) in [6.07, 6.45) is 1.81. The van der Waals surface area contributed by atoms with Crippen molar-refractivity contribution in [2.24, 2.45) is 5.73 Å². The quantitative estimate of drug-likeness (QED) is 0.765. The van der Waals surface area contributed by atoms with Crippen molar-refractivity contribution in [2.45, 2.75) is 6.17 Å². The molecule has 1 fully saturated rings. The number of nitrogens with zero attached hydrogens (tertiary/aromatic N) is 3. The van der Waals surface area contributed by atoms with Crippen molar-refractivity contribution < 1.29 is 18.8 Å². The fourth-order valence-electron chi connectivity index (χ4n) is 3.04. The molecule has 2 heterocycles. The van der Waals surface area contributed by atoms with Crippen molar-refractivity contribution in [3.63, 3.8) is 0 Å². The lowest BCUT2D eigenvalue weighted by molar-refractivity contribution is -0.128. The van der Waals surface area contributed by atoms with Crippen LogP contribution in [0.5, 0.6) is 0 Å². The molecule has 1 aromatic carbocycles. The molecule has 0 saturated carbocycles. The second-order valence-electron chi connectivity index (χ2n) is 6.20. The summed E-state index contributed by atoms with van der Waals surface area (Å²) in [6, 6.07) is 8.25. The first-order valence-corrected chi connectivity index (χ1v) is 8.78. The molecular weight excluding hydrogens is 365 g/mol. The molecule has 0 spiro atoms. The van der Waals surface area contributed by atoms with Gasteiger partial charge in [-0.15, -0.1) is 0 Å². The first-order chi connectivity index (χ1) is 13.5. The van der Waals surface area contributed by atoms with Gasteiger partial charge in [0.2, 0.25) is 0 Å². The third kappa shape index (κ3) is 3.99. The maximum atomic E-state index is 13.2. The first kappa shape index (κ1) is 19.4. The number of amides is 3. The first-order valence-electron chi connectivity index (χ1n) is 8.78. The van der Waals surface area contributed by atoms with Crippen molar-refractivity contribution >= 4 is 17.7 Å². The number of nitrogens with two attached hydrogens (primary N) is 1. The Kier molecular flexibility index (Phi) is 5.95. The highest BCUT2D eigenvalue weighted by Gasteiger charge is 2.43. The van der Waals surface area contributed by atoms with E-state index in [2.05, 4.69) is 10.3 Å². The van der Waals surface area contributed by atoms with E-state index in [4.69, 9.17) is 5.73 Å². The van der Waals surface area contributed by atoms with Crippen molar-refractivity contribution in [3.05, 3.63) is 65.7 Å². The van der Waals surface area contributed by atoms with Crippen LogP contribution in [0.15, 0.2) is 48.8 Å². The van der Waals surface area contributed by atoms with Gasteiger partial charge in [0.1, 0.15) is 5.82 Å². The van der Waals surface area contributed by atoms with Crippen molar-refractivity contribution in [1.29, 1.82) is 0 Å². The Labute approximate surface area is 161 Å². The number of hydrogen-bond acceptors (Lipinski definition) is 5. The van der Waals surface area contributed by atoms with Crippen molar-refractivity contribution in [1.82, 2.24) is 20.1 Å². The summed E-state index contributed by atoms with van der Waals surface area (Å²) >= 11 is 0. The summed E-state index contributed by atoms with van der Waals surface area (Å²) in [5, 5.41) is 2.63. The lowest BCUT2D eigenvalue weighted by Crippen LogP contribution is -2.54. The van der Waals surface area contributed by atoms with E-state index in [0.29, 0.717) is 5.56 Å². The Bertz CT molecular complexity index is 860. The number of aromatic nitrogens is 1. The maximum Gasteiger partial charge on any atom is 0.263 e. The van der Waals surface area contributed by atoms with Gasteiger partial charge in [0.25, 0.3) is 17.7 Å². The highest BCUT2D eigenvalue weighted by molar-refractivity contribution is 6.02. The summed E-state index contributed by atoms with van der Waals surface area (Å²) < 4.78 is 13.2. The molecule has 8 nitrogen and oxygen atoms in total. The molecule has 28 heavy (non-hydrogen) atoms. The van der Waals surface area contributed by atoms with E-state index >= 15 is 0 Å². The van der Waals surface area contributed by atoms with Crippen molar-refractivity contribution in [2.75, 3.05) is 26.2 Å². The predicted molar refractivity (Wildman–Crippen MR) is 98.6 cm³/mol. The van der Waals surface area contributed by atoms with Gasteiger partial charge in [-0.3, -0.25) is 19.4 Å². The van der Waals surface area contributed by atoms with Crippen LogP contribution in [0.1, 0.15) is 20.7 Å². The molecule has 1 aliphatic rings. The zero-order chi connectivity index (χ0) is 20.1. The molecule has 1 aromatic heterocycles. The van der Waals surface area contributed by atoms with Gasteiger partial charge in [-0.05, 0) is 36.4 Å². The van der Waals surface area contributed by atoms with Crippen LogP contribution in [0.3, 0.4) is 0 Å². The molecule has 0 aliphatic carbocycles. The zero-order valence-corrected chi connectivity index (χ0v) is 15.0. The van der Waals surface area contributed by atoms with Gasteiger partial charge in [0, 0.05) is 44.1 Å². The minimum atomic E-state index is -1.13. The molecule has 1 aliphatic heterocycles. The van der Waals surface area contributed by atoms with Crippen LogP contribution >= 0.6 is 0 Å². The third-order valence-corrected chi connectivity index (χ3v) is 4.37. The van der Waals surface area contributed by atoms with Crippen LogP contribution in [0.2, 0.25) is 0 Å². The minimum Gasteiger partial charge on any atom is -0.351 e. The summed E-state index contributed by atoms with van der Waals surface area (Å²) in [7, 11) is 0. The monoisotopic (exact) mass is 385 g/mol. The Morgan fingerprint density at radius 1 is 1.07 bits per heavy atom. The number of hydrogen-bond donors (Lipinski definition) is 2. The maximum absolute atomic E-state index is 13.2. The van der Waals surface area contributed by atoms with Gasteiger partial charge in [-0.1, -0.05) is 0 Å². The third-order valence-electron chi connectivity index (χ3n) is 4.37. The van der Waals surface area contributed by atoms with Gasteiger partial charge >= 0.3 is 0 Å². The topological polar surface area (TPSA) is 109 Å². The van der Waals surface area contributed by atoms with Crippen molar-refractivity contribution in [3.8, 4) is 0 Å². The summed E-state index contributed by atoms with van der Waals surface area (Å²) in [4.78, 5) is 45.0. The second-order valence-corrected chi connectivity index (χ2v) is 6.20. The lowest BCUT2D eigenvalue weighted by atomic mass is 10.2. The van der Waals surface area contributed by atoms with Gasteiger partial charge in [-0.25, -0.2) is 4.39 Å². The van der Waals surface area contributed by atoms with E-state index < -0.39 is 29.7 Å². The molecule has 3 rings (SSSR count). The Hall–Kier alpha value is -3.33. The fourth-order valence-corrected chi connectivity index (χ4v) is 3.04. The highest BCUT2D eigenvalue weighted by atomic mass is 19.1. The summed E-state index contributed by atoms with van der Waals surface area (Å²) in [5.74, 6) is -1.84. The number of nitrogens with one attached hydrogen (secondary N) is 1. The van der Waals surface area contributed by atoms with Crippen LogP contribution in [0.4, 0.5) is 4.39 Å². The molecule has 3 N–H and O–H groups in total. The minimum absolute atomic E-state index is 0.170. The lowest BCUT2D eigenvalue weighted by Gasteiger charge is -2.29. The van der Waals surface area contributed by atoms with Gasteiger partial charge in [-0.2, -0.15) is 0 Å². The molecule has 3 amide bonds. The molecule has 9 heteroatoms. The van der Waals surface area contributed by atoms with Crippen LogP contribution in [-0.4, -0.2) is 64.9 Å². The Balaban J connectivity index is 1.89. The molecule has 2 aromatic rings. The molecular formula is C19H20FN5O3. The molecule has 0 radical (unpaired) electrons. The number of benzene rings is 1. The summed E-state index contributed by atoms with van der Waals surface area (Å²) in [5.41, 5.74) is 5.99. The number of rotatable bonds is 5. The molecule has 1 unspecified atom stereocenters. The van der Waals surface area contributed by atoms with Crippen LogP contribution in [0.25, 0.3) is 0 Å². The number of carbonyl (C=O) groups excluding carboxylic acids is 3. The van der Waals surface area contributed by atoms with E-state index in [0.717, 1.165) is 0 Å². The van der Waals surface area contributed by atoms with Crippen LogP contribution < -0.4 is 11.1 Å². The average molecular weight is 385 g/mol. The highest BCUT2D eigenvalue weighted by Crippen LogP contribution is 2.21. The van der Waals surface area contributed by atoms with Crippen LogP contribution in [0, 0.1) is 5.82 Å². The zero-order valence-electron chi connectivity index (χ0n) is 15.0. The fraction of sp³-hybridized carbons (Fsp3) is 0.263. The van der Waals surface area contributed by atoms with Gasteiger partial charge < -0.3 is 20.9 Å². The normalized spacial score (nSPS) is 16.1. The summed E-state index contributed by atoms with van der Waals surface area (Å²) in [6.45, 7) is 0.786. The SMILES string of the molecule is NCCNC(=O)C1N(C(=O)c2ccc(F)cc2)CCN1C(=O)c1cccnc1. The standard InChI is InChI=1S/C19H20FN5O3/c20-15-5-3-13(4-6-15)18(27)24-10-11-25(17(24)16(26)23-9-7-21)19(28)14-2-1-8-22-12-14/h1-6,8,12,17H,7,9-11,21H2,(H,23,26). The predicted octanol–water partition coefficient (Wildman–Crippen LogP) is 0.220. The molecule has 1 atom stereocenters. The largest absolute Gasteiger partial charge is 0.351 e. The molecule has 1 saturated heterocycles. The molecule has 0 bridgehead atoms. The molecule has 146 valence electrons. The van der Waals surface area contributed by atoms with Gasteiger partial charge in [0.05, 0.1) is 5.56 Å². The van der Waals surface area contributed by atoms with E-state index in [-0.39, 0.29) is 31.7 Å².